The highest BCUT2D eigenvalue weighted by atomic mass is 32.1. The fraction of sp³-hybridized carbons (Fsp3) is 0.538. The Morgan fingerprint density at radius 3 is 2.76 bits per heavy atom. The van der Waals surface area contributed by atoms with Crippen LogP contribution in [0.3, 0.4) is 0 Å². The Morgan fingerprint density at radius 2 is 2.00 bits per heavy atom. The van der Waals surface area contributed by atoms with Gasteiger partial charge in [-0.15, -0.1) is 11.3 Å². The maximum absolute atomic E-state index is 6.03. The van der Waals surface area contributed by atoms with Crippen LogP contribution in [0.25, 0.3) is 10.2 Å². The summed E-state index contributed by atoms with van der Waals surface area (Å²) in [5.41, 5.74) is 6.03. The van der Waals surface area contributed by atoms with Crippen LogP contribution in [0, 0.1) is 6.92 Å². The zero-order valence-corrected chi connectivity index (χ0v) is 10.9. The van der Waals surface area contributed by atoms with Gasteiger partial charge in [-0.1, -0.05) is 19.3 Å². The monoisotopic (exact) mass is 247 g/mol. The van der Waals surface area contributed by atoms with Crippen LogP contribution in [0.5, 0.6) is 0 Å². The van der Waals surface area contributed by atoms with Gasteiger partial charge in [-0.05, 0) is 25.8 Å². The Kier molecular flexibility index (Phi) is 2.74. The standard InChI is InChI=1S/C13H17N3S/c1-8-7-10-11(14)15-12(16-13(10)17-8)9-5-3-2-4-6-9/h7,9H,2-6H2,1H3,(H2,14,15,16). The summed E-state index contributed by atoms with van der Waals surface area (Å²) in [5.74, 6) is 2.15. The van der Waals surface area contributed by atoms with Crippen molar-refractivity contribution < 1.29 is 0 Å². The lowest BCUT2D eigenvalue weighted by atomic mass is 9.89. The van der Waals surface area contributed by atoms with Crippen molar-refractivity contribution in [3.63, 3.8) is 0 Å². The van der Waals surface area contributed by atoms with E-state index in [4.69, 9.17) is 10.7 Å². The third kappa shape index (κ3) is 2.02. The second-order valence-electron chi connectivity index (χ2n) is 4.88. The molecule has 0 amide bonds. The van der Waals surface area contributed by atoms with Crippen molar-refractivity contribution in [2.24, 2.45) is 0 Å². The Hall–Kier alpha value is -1.16. The molecule has 17 heavy (non-hydrogen) atoms. The van der Waals surface area contributed by atoms with Gasteiger partial charge in [-0.2, -0.15) is 0 Å². The molecule has 1 aliphatic rings. The number of nitrogens with zero attached hydrogens (tertiary/aromatic N) is 2. The van der Waals surface area contributed by atoms with E-state index in [1.807, 2.05) is 0 Å². The van der Waals surface area contributed by atoms with Gasteiger partial charge in [0.15, 0.2) is 0 Å². The van der Waals surface area contributed by atoms with E-state index in [-0.39, 0.29) is 0 Å². The van der Waals surface area contributed by atoms with Gasteiger partial charge in [0.2, 0.25) is 0 Å². The molecule has 3 rings (SSSR count). The van der Waals surface area contributed by atoms with Crippen molar-refractivity contribution in [3.8, 4) is 0 Å². The number of aromatic nitrogens is 2. The summed E-state index contributed by atoms with van der Waals surface area (Å²) in [4.78, 5) is 11.5. The Morgan fingerprint density at radius 1 is 1.24 bits per heavy atom. The van der Waals surface area contributed by atoms with Crippen molar-refractivity contribution in [3.05, 3.63) is 16.8 Å². The zero-order valence-electron chi connectivity index (χ0n) is 10.1. The number of fused-ring (bicyclic) bond motifs is 1. The van der Waals surface area contributed by atoms with E-state index in [1.54, 1.807) is 11.3 Å². The predicted octanol–water partition coefficient (Wildman–Crippen LogP) is 3.63. The van der Waals surface area contributed by atoms with Gasteiger partial charge < -0.3 is 5.73 Å². The van der Waals surface area contributed by atoms with Crippen molar-refractivity contribution in [2.45, 2.75) is 44.9 Å². The van der Waals surface area contributed by atoms with Crippen LogP contribution < -0.4 is 5.73 Å². The highest BCUT2D eigenvalue weighted by Crippen LogP contribution is 2.34. The van der Waals surface area contributed by atoms with Gasteiger partial charge in [0.1, 0.15) is 16.5 Å². The molecule has 1 saturated carbocycles. The summed E-state index contributed by atoms with van der Waals surface area (Å²) in [6, 6.07) is 2.08. The smallest absolute Gasteiger partial charge is 0.135 e. The summed E-state index contributed by atoms with van der Waals surface area (Å²) in [6.45, 7) is 2.09. The van der Waals surface area contributed by atoms with Crippen molar-refractivity contribution in [1.82, 2.24) is 9.97 Å². The summed E-state index contributed by atoms with van der Waals surface area (Å²) in [5, 5.41) is 1.02. The molecule has 0 saturated heterocycles. The molecule has 3 nitrogen and oxygen atoms in total. The maximum atomic E-state index is 6.03. The predicted molar refractivity (Wildman–Crippen MR) is 72.4 cm³/mol. The molecular weight excluding hydrogens is 230 g/mol. The first-order chi connectivity index (χ1) is 8.24. The molecule has 0 atom stereocenters. The number of anilines is 1. The first-order valence-electron chi connectivity index (χ1n) is 6.27. The van der Waals surface area contributed by atoms with E-state index in [0.717, 1.165) is 16.0 Å². The van der Waals surface area contributed by atoms with Gasteiger partial charge in [-0.3, -0.25) is 0 Å². The number of thiophene rings is 1. The summed E-state index contributed by atoms with van der Waals surface area (Å²) in [7, 11) is 0. The molecule has 2 N–H and O–H groups in total. The molecule has 0 aliphatic heterocycles. The minimum absolute atomic E-state index is 0.526. The van der Waals surface area contributed by atoms with Gasteiger partial charge in [-0.25, -0.2) is 9.97 Å². The van der Waals surface area contributed by atoms with Gasteiger partial charge >= 0.3 is 0 Å². The fourth-order valence-corrected chi connectivity index (χ4v) is 3.52. The molecule has 90 valence electrons. The Labute approximate surface area is 105 Å². The molecule has 1 aliphatic carbocycles. The summed E-state index contributed by atoms with van der Waals surface area (Å²) in [6.07, 6.45) is 6.39. The molecule has 2 aromatic rings. The lowest BCUT2D eigenvalue weighted by Crippen LogP contribution is -2.09. The highest BCUT2D eigenvalue weighted by molar-refractivity contribution is 7.18. The van der Waals surface area contributed by atoms with Crippen molar-refractivity contribution >= 4 is 27.4 Å². The molecule has 0 aromatic carbocycles. The topological polar surface area (TPSA) is 51.8 Å². The summed E-state index contributed by atoms with van der Waals surface area (Å²) < 4.78 is 0. The van der Waals surface area contributed by atoms with Crippen molar-refractivity contribution in [1.29, 1.82) is 0 Å². The molecule has 0 unspecified atom stereocenters. The van der Waals surface area contributed by atoms with E-state index in [2.05, 4.69) is 18.0 Å². The second-order valence-corrected chi connectivity index (χ2v) is 6.11. The van der Waals surface area contributed by atoms with Gasteiger partial charge in [0.05, 0.1) is 5.39 Å². The highest BCUT2D eigenvalue weighted by Gasteiger charge is 2.19. The summed E-state index contributed by atoms with van der Waals surface area (Å²) >= 11 is 1.71. The molecular formula is C13H17N3S. The van der Waals surface area contributed by atoms with Gasteiger partial charge in [0, 0.05) is 10.8 Å². The molecule has 4 heteroatoms. The average Bonchev–Trinajstić information content (AvgIpc) is 2.71. The molecule has 2 heterocycles. The van der Waals surface area contributed by atoms with E-state index in [1.165, 1.54) is 37.0 Å². The number of hydrogen-bond donors (Lipinski definition) is 1. The van der Waals surface area contributed by atoms with Crippen LogP contribution in [-0.2, 0) is 0 Å². The van der Waals surface area contributed by atoms with E-state index >= 15 is 0 Å². The molecule has 0 radical (unpaired) electrons. The Bertz CT molecular complexity index is 541. The zero-order chi connectivity index (χ0) is 11.8. The van der Waals surface area contributed by atoms with E-state index in [9.17, 15) is 0 Å². The number of aryl methyl sites for hydroxylation is 1. The number of nitrogen functional groups attached to an aromatic ring is 1. The number of hydrogen-bond acceptors (Lipinski definition) is 4. The third-order valence-electron chi connectivity index (χ3n) is 3.53. The first kappa shape index (κ1) is 11.0. The van der Waals surface area contributed by atoms with Crippen LogP contribution in [-0.4, -0.2) is 9.97 Å². The second kappa shape index (κ2) is 4.26. The minimum atomic E-state index is 0.526. The largest absolute Gasteiger partial charge is 0.383 e. The van der Waals surface area contributed by atoms with Crippen LogP contribution in [0.15, 0.2) is 6.07 Å². The molecule has 2 aromatic heterocycles. The Balaban J connectivity index is 2.04. The first-order valence-corrected chi connectivity index (χ1v) is 7.09. The fourth-order valence-electron chi connectivity index (χ4n) is 2.62. The number of rotatable bonds is 1. The van der Waals surface area contributed by atoms with Crippen LogP contribution >= 0.6 is 11.3 Å². The quantitative estimate of drug-likeness (QED) is 0.837. The van der Waals surface area contributed by atoms with Crippen LogP contribution in [0.4, 0.5) is 5.82 Å². The normalized spacial score (nSPS) is 17.7. The van der Waals surface area contributed by atoms with Crippen LogP contribution in [0.2, 0.25) is 0 Å². The molecule has 0 spiro atoms. The maximum Gasteiger partial charge on any atom is 0.135 e. The molecule has 1 fully saturated rings. The lowest BCUT2D eigenvalue weighted by molar-refractivity contribution is 0.430. The van der Waals surface area contributed by atoms with E-state index < -0.39 is 0 Å². The number of nitrogens with two attached hydrogens (primary N) is 1. The van der Waals surface area contributed by atoms with Crippen LogP contribution in [0.1, 0.15) is 48.7 Å². The van der Waals surface area contributed by atoms with E-state index in [0.29, 0.717) is 11.7 Å². The van der Waals surface area contributed by atoms with Crippen molar-refractivity contribution in [2.75, 3.05) is 5.73 Å². The minimum Gasteiger partial charge on any atom is -0.383 e. The molecule has 0 bridgehead atoms. The lowest BCUT2D eigenvalue weighted by Gasteiger charge is -2.20. The van der Waals surface area contributed by atoms with Gasteiger partial charge in [0.25, 0.3) is 0 Å². The average molecular weight is 247 g/mol. The third-order valence-corrected chi connectivity index (χ3v) is 4.48. The SMILES string of the molecule is Cc1cc2c(N)nc(C3CCCCC3)nc2s1.